The Morgan fingerprint density at radius 3 is 2.75 bits per heavy atom. The van der Waals surface area contributed by atoms with Crippen molar-refractivity contribution in [3.05, 3.63) is 59.2 Å². The van der Waals surface area contributed by atoms with Crippen LogP contribution in [0.2, 0.25) is 0 Å². The smallest absolute Gasteiger partial charge is 0.326 e. The van der Waals surface area contributed by atoms with Gasteiger partial charge in [0, 0.05) is 18.3 Å². The van der Waals surface area contributed by atoms with Gasteiger partial charge in [0.15, 0.2) is 6.67 Å². The maximum atomic E-state index is 11.6. The van der Waals surface area contributed by atoms with Crippen molar-refractivity contribution in [2.75, 3.05) is 0 Å². The Bertz CT molecular complexity index is 533. The Hall–Kier alpha value is -1.59. The molecule has 1 aromatic rings. The van der Waals surface area contributed by atoms with Gasteiger partial charge in [0.25, 0.3) is 5.56 Å². The fraction of sp³-hybridized carbons (Fsp3) is 0.0909. The number of nitrogens with zero attached hydrogens (tertiary/aromatic N) is 2. The molecule has 1 aliphatic rings. The molecule has 0 bridgehead atoms. The molecule has 0 spiro atoms. The highest BCUT2D eigenvalue weighted by Crippen LogP contribution is 2.13. The number of allylic oxidation sites excluding steroid dienone is 2. The van der Waals surface area contributed by atoms with E-state index in [0.717, 1.165) is 0 Å². The van der Waals surface area contributed by atoms with Crippen molar-refractivity contribution >= 4 is 18.7 Å². The molecule has 16 heavy (non-hydrogen) atoms. The minimum absolute atomic E-state index is 0.134. The van der Waals surface area contributed by atoms with Crippen LogP contribution in [0.25, 0.3) is 0 Å². The lowest BCUT2D eigenvalue weighted by Gasteiger charge is -2.37. The van der Waals surface area contributed by atoms with E-state index in [2.05, 4.69) is 0 Å². The van der Waals surface area contributed by atoms with Gasteiger partial charge in [0.2, 0.25) is 0 Å². The third-order valence-corrected chi connectivity index (χ3v) is 2.73. The highest BCUT2D eigenvalue weighted by molar-refractivity contribution is 7.52. The van der Waals surface area contributed by atoms with Gasteiger partial charge >= 0.3 is 5.91 Å². The van der Waals surface area contributed by atoms with Crippen molar-refractivity contribution in [1.29, 1.82) is 0 Å². The molecule has 1 amide bonds. The quantitative estimate of drug-likeness (QED) is 0.558. The first-order valence-corrected chi connectivity index (χ1v) is 5.13. The van der Waals surface area contributed by atoms with E-state index in [1.807, 2.05) is 0 Å². The summed E-state index contributed by atoms with van der Waals surface area (Å²) >= 11 is 5.21. The molecule has 0 saturated carbocycles. The first-order chi connectivity index (χ1) is 7.62. The van der Waals surface area contributed by atoms with Gasteiger partial charge in [-0.1, -0.05) is 6.07 Å². The van der Waals surface area contributed by atoms with Gasteiger partial charge in [-0.3, -0.25) is 9.36 Å². The predicted octanol–water partition coefficient (Wildman–Crippen LogP) is 0.695. The summed E-state index contributed by atoms with van der Waals surface area (Å²) in [5.41, 5.74) is -0.166. The summed E-state index contributed by atoms with van der Waals surface area (Å²) in [5.74, 6) is -0.215. The summed E-state index contributed by atoms with van der Waals surface area (Å²) in [5, 5.41) is 0. The molecule has 1 aliphatic heterocycles. The third kappa shape index (κ3) is 2.00. The molecule has 0 saturated heterocycles. The third-order valence-electron chi connectivity index (χ3n) is 2.31. The second-order valence-corrected chi connectivity index (χ2v) is 4.14. The van der Waals surface area contributed by atoms with Gasteiger partial charge in [0.05, 0.1) is 6.20 Å². The van der Waals surface area contributed by atoms with Crippen LogP contribution >= 0.6 is 0 Å². The summed E-state index contributed by atoms with van der Waals surface area (Å²) < 4.78 is 1.09. The first-order valence-electron chi connectivity index (χ1n) is 4.76. The van der Waals surface area contributed by atoms with Crippen LogP contribution in [0.4, 0.5) is 0 Å². The number of rotatable bonds is 2. The van der Waals surface area contributed by atoms with E-state index in [4.69, 9.17) is 12.8 Å². The van der Waals surface area contributed by atoms with Crippen molar-refractivity contribution in [3.63, 3.8) is 0 Å². The maximum Gasteiger partial charge on any atom is 0.326 e. The Kier molecular flexibility index (Phi) is 2.80. The van der Waals surface area contributed by atoms with Crippen molar-refractivity contribution in [3.8, 4) is 0 Å². The van der Waals surface area contributed by atoms with E-state index in [9.17, 15) is 9.59 Å². The molecule has 0 N–H and O–H groups in total. The van der Waals surface area contributed by atoms with Gasteiger partial charge < -0.3 is 16.7 Å². The van der Waals surface area contributed by atoms with E-state index in [0.29, 0.717) is 0 Å². The minimum atomic E-state index is -0.333. The van der Waals surface area contributed by atoms with Crippen LogP contribution in [0.5, 0.6) is 0 Å². The van der Waals surface area contributed by atoms with E-state index in [-0.39, 0.29) is 22.0 Å². The second-order valence-electron chi connectivity index (χ2n) is 3.48. The average Bonchev–Trinajstić information content (AvgIpc) is 2.26. The molecule has 0 aliphatic carbocycles. The number of aromatic nitrogens is 1. The number of hydrogen-bond acceptors (Lipinski definition) is 3. The number of quaternary nitrogens is 1. The molecule has 2 heterocycles. The van der Waals surface area contributed by atoms with Crippen molar-refractivity contribution in [1.82, 2.24) is 4.57 Å². The van der Waals surface area contributed by atoms with E-state index in [1.165, 1.54) is 16.7 Å². The number of carbonyl (C=O) groups is 1. The molecule has 0 fully saturated rings. The zero-order valence-corrected chi connectivity index (χ0v) is 9.26. The summed E-state index contributed by atoms with van der Waals surface area (Å²) in [6.07, 6.45) is 7.98. The van der Waals surface area contributed by atoms with Crippen LogP contribution in [0.1, 0.15) is 0 Å². The lowest BCUT2D eigenvalue weighted by atomic mass is 10.3. The van der Waals surface area contributed by atoms with Crippen LogP contribution in [-0.4, -0.2) is 14.4 Å². The zero-order chi connectivity index (χ0) is 11.6. The molecular weight excluding hydrogens is 224 g/mol. The monoisotopic (exact) mass is 234 g/mol. The van der Waals surface area contributed by atoms with Crippen molar-refractivity contribution in [2.45, 2.75) is 6.67 Å². The molecule has 4 nitrogen and oxygen atoms in total. The molecule has 1 unspecified atom stereocenters. The van der Waals surface area contributed by atoms with Crippen LogP contribution in [0, 0.1) is 0 Å². The SMILES string of the molecule is O=C1C=CC=C[N+]1([S-])Cn1ccccc1=O. The fourth-order valence-electron chi connectivity index (χ4n) is 1.45. The van der Waals surface area contributed by atoms with E-state index in [1.54, 1.807) is 36.7 Å². The highest BCUT2D eigenvalue weighted by Gasteiger charge is 2.22. The molecular formula is C11H10N2O2S. The van der Waals surface area contributed by atoms with Crippen molar-refractivity contribution in [2.24, 2.45) is 0 Å². The normalized spacial score (nSPS) is 23.7. The second kappa shape index (κ2) is 4.11. The highest BCUT2D eigenvalue weighted by atomic mass is 32.1. The molecule has 82 valence electrons. The van der Waals surface area contributed by atoms with Gasteiger partial charge in [-0.2, -0.15) is 0 Å². The average molecular weight is 234 g/mol. The number of pyridine rings is 1. The Balaban J connectivity index is 2.32. The predicted molar refractivity (Wildman–Crippen MR) is 61.6 cm³/mol. The Morgan fingerprint density at radius 1 is 1.25 bits per heavy atom. The van der Waals surface area contributed by atoms with Gasteiger partial charge in [0.1, 0.15) is 0 Å². The van der Waals surface area contributed by atoms with Gasteiger partial charge in [-0.15, -0.1) is 0 Å². The first kappa shape index (κ1) is 10.9. The van der Waals surface area contributed by atoms with Gasteiger partial charge in [-0.05, 0) is 18.2 Å². The van der Waals surface area contributed by atoms with E-state index >= 15 is 0 Å². The topological polar surface area (TPSA) is 39.1 Å². The van der Waals surface area contributed by atoms with Crippen LogP contribution in [0.3, 0.4) is 0 Å². The van der Waals surface area contributed by atoms with Crippen molar-refractivity contribution < 1.29 is 8.68 Å². The van der Waals surface area contributed by atoms with E-state index < -0.39 is 0 Å². The summed E-state index contributed by atoms with van der Waals surface area (Å²) in [7, 11) is 0. The minimum Gasteiger partial charge on any atom is -0.477 e. The maximum absolute atomic E-state index is 11.6. The lowest BCUT2D eigenvalue weighted by Crippen LogP contribution is -2.45. The summed E-state index contributed by atoms with van der Waals surface area (Å²) in [6.45, 7) is 0.134. The Morgan fingerprint density at radius 2 is 2.06 bits per heavy atom. The standard InChI is InChI=1S/C11H10N2O2S/c14-10-5-1-3-7-12(10)9-13(16)8-4-2-6-11(13)15/h1-8H,9H2. The fourth-order valence-corrected chi connectivity index (χ4v) is 1.70. The molecule has 2 rings (SSSR count). The largest absolute Gasteiger partial charge is 0.477 e. The molecule has 0 radical (unpaired) electrons. The zero-order valence-electron chi connectivity index (χ0n) is 8.45. The van der Waals surface area contributed by atoms with Gasteiger partial charge in [-0.25, -0.2) is 4.79 Å². The molecule has 0 aromatic carbocycles. The summed E-state index contributed by atoms with van der Waals surface area (Å²) in [6, 6.07) is 4.83. The molecule has 5 heteroatoms. The molecule has 1 aromatic heterocycles. The molecule has 1 atom stereocenters. The van der Waals surface area contributed by atoms with Crippen LogP contribution in [-0.2, 0) is 24.3 Å². The number of amides is 1. The summed E-state index contributed by atoms with van der Waals surface area (Å²) in [4.78, 5) is 23.1. The van der Waals surface area contributed by atoms with Crippen LogP contribution < -0.4 is 5.56 Å². The number of hydrogen-bond donors (Lipinski definition) is 0. The van der Waals surface area contributed by atoms with Crippen LogP contribution in [0.15, 0.2) is 53.6 Å². The lowest BCUT2D eigenvalue weighted by molar-refractivity contribution is -0.682. The number of carbonyl (C=O) groups excluding carboxylic acids is 1. The Labute approximate surface area is 98.2 Å².